The Morgan fingerprint density at radius 3 is 2.19 bits per heavy atom. The third kappa shape index (κ3) is 4.89. The minimum Gasteiger partial charge on any atom is -0.392 e. The van der Waals surface area contributed by atoms with Gasteiger partial charge in [-0.15, -0.1) is 0 Å². The van der Waals surface area contributed by atoms with Gasteiger partial charge in [-0.2, -0.15) is 0 Å². The molecule has 0 saturated carbocycles. The second kappa shape index (κ2) is 7.40. The summed E-state index contributed by atoms with van der Waals surface area (Å²) in [4.78, 5) is 11.6. The molecule has 0 fully saturated rings. The molecular formula is C16H17FN2O2. The lowest BCUT2D eigenvalue weighted by Gasteiger charge is -2.08. The Labute approximate surface area is 122 Å². The smallest absolute Gasteiger partial charge is 0.315 e. The van der Waals surface area contributed by atoms with Gasteiger partial charge in [0.15, 0.2) is 0 Å². The summed E-state index contributed by atoms with van der Waals surface area (Å²) in [5.74, 6) is -0.321. The van der Waals surface area contributed by atoms with Gasteiger partial charge in [0, 0.05) is 13.1 Å². The highest BCUT2D eigenvalue weighted by molar-refractivity contribution is 5.73. The van der Waals surface area contributed by atoms with E-state index in [1.165, 1.54) is 12.1 Å². The molecule has 0 heterocycles. The third-order valence-electron chi connectivity index (χ3n) is 3.00. The summed E-state index contributed by atoms with van der Waals surface area (Å²) in [7, 11) is 0. The summed E-state index contributed by atoms with van der Waals surface area (Å²) in [6.45, 7) is 0.662. The first-order chi connectivity index (χ1) is 10.2. The van der Waals surface area contributed by atoms with Crippen LogP contribution in [0.1, 0.15) is 16.7 Å². The zero-order valence-electron chi connectivity index (χ0n) is 11.5. The topological polar surface area (TPSA) is 61.4 Å². The summed E-state index contributed by atoms with van der Waals surface area (Å²) in [5.41, 5.74) is 2.47. The Morgan fingerprint density at radius 1 is 0.952 bits per heavy atom. The molecule has 3 N–H and O–H groups in total. The van der Waals surface area contributed by atoms with Crippen LogP contribution in [-0.4, -0.2) is 11.1 Å². The van der Waals surface area contributed by atoms with Gasteiger partial charge in [0.05, 0.1) is 6.61 Å². The number of carbonyl (C=O) groups is 1. The first-order valence-corrected chi connectivity index (χ1v) is 6.62. The lowest BCUT2D eigenvalue weighted by Crippen LogP contribution is -2.34. The van der Waals surface area contributed by atoms with Crippen LogP contribution in [0.4, 0.5) is 9.18 Å². The quantitative estimate of drug-likeness (QED) is 0.790. The first-order valence-electron chi connectivity index (χ1n) is 6.62. The summed E-state index contributed by atoms with van der Waals surface area (Å²) >= 11 is 0. The van der Waals surface area contributed by atoms with E-state index in [9.17, 15) is 9.18 Å². The number of urea groups is 1. The first kappa shape index (κ1) is 15.0. The Balaban J connectivity index is 1.76. The number of aliphatic hydroxyl groups excluding tert-OH is 1. The van der Waals surface area contributed by atoms with Crippen LogP contribution >= 0.6 is 0 Å². The minimum atomic E-state index is -0.321. The number of halogens is 1. The molecule has 0 spiro atoms. The molecule has 0 bridgehead atoms. The maximum atomic E-state index is 13.0. The Kier molecular flexibility index (Phi) is 5.29. The van der Waals surface area contributed by atoms with E-state index in [1.807, 2.05) is 24.3 Å². The molecule has 110 valence electrons. The zero-order chi connectivity index (χ0) is 15.1. The highest BCUT2D eigenvalue weighted by Gasteiger charge is 2.01. The molecule has 4 nitrogen and oxygen atoms in total. The molecule has 0 aliphatic carbocycles. The van der Waals surface area contributed by atoms with Crippen LogP contribution in [0.2, 0.25) is 0 Å². The van der Waals surface area contributed by atoms with Gasteiger partial charge >= 0.3 is 6.03 Å². The molecule has 21 heavy (non-hydrogen) atoms. The van der Waals surface area contributed by atoms with E-state index in [0.717, 1.165) is 11.1 Å². The average Bonchev–Trinajstić information content (AvgIpc) is 2.51. The standard InChI is InChI=1S/C16H17FN2O2/c17-15-3-1-2-14(8-15)10-19-16(21)18-9-12-4-6-13(11-20)7-5-12/h1-8,20H,9-11H2,(H2,18,19,21). The van der Waals surface area contributed by atoms with Crippen molar-refractivity contribution in [1.82, 2.24) is 10.6 Å². The highest BCUT2D eigenvalue weighted by atomic mass is 19.1. The van der Waals surface area contributed by atoms with Crippen LogP contribution in [0.15, 0.2) is 48.5 Å². The lowest BCUT2D eigenvalue weighted by molar-refractivity contribution is 0.240. The molecule has 2 aromatic carbocycles. The molecule has 2 rings (SSSR count). The maximum Gasteiger partial charge on any atom is 0.315 e. The van der Waals surface area contributed by atoms with Crippen molar-refractivity contribution in [3.05, 3.63) is 71.0 Å². The molecular weight excluding hydrogens is 271 g/mol. The molecule has 0 saturated heterocycles. The van der Waals surface area contributed by atoms with E-state index in [0.29, 0.717) is 12.1 Å². The average molecular weight is 288 g/mol. The van der Waals surface area contributed by atoms with Crippen molar-refractivity contribution in [2.24, 2.45) is 0 Å². The van der Waals surface area contributed by atoms with Crippen molar-refractivity contribution in [3.63, 3.8) is 0 Å². The summed E-state index contributed by atoms with van der Waals surface area (Å²) in [6, 6.07) is 13.1. The van der Waals surface area contributed by atoms with Gasteiger partial charge in [-0.05, 0) is 28.8 Å². The van der Waals surface area contributed by atoms with Crippen LogP contribution < -0.4 is 10.6 Å². The number of hydrogen-bond donors (Lipinski definition) is 3. The molecule has 2 amide bonds. The molecule has 0 radical (unpaired) electrons. The molecule has 0 aliphatic rings. The number of carbonyl (C=O) groups excluding carboxylic acids is 1. The molecule has 0 unspecified atom stereocenters. The maximum absolute atomic E-state index is 13.0. The van der Waals surface area contributed by atoms with Gasteiger partial charge in [0.25, 0.3) is 0 Å². The molecule has 2 aromatic rings. The number of aliphatic hydroxyl groups is 1. The highest BCUT2D eigenvalue weighted by Crippen LogP contribution is 2.04. The largest absolute Gasteiger partial charge is 0.392 e. The summed E-state index contributed by atoms with van der Waals surface area (Å²) in [6.07, 6.45) is 0. The lowest BCUT2D eigenvalue weighted by atomic mass is 10.1. The molecule has 0 aliphatic heterocycles. The summed E-state index contributed by atoms with van der Waals surface area (Å²) < 4.78 is 13.0. The fourth-order valence-corrected chi connectivity index (χ4v) is 1.84. The number of nitrogens with one attached hydrogen (secondary N) is 2. The fourth-order valence-electron chi connectivity index (χ4n) is 1.84. The van der Waals surface area contributed by atoms with Gasteiger partial charge in [0.1, 0.15) is 5.82 Å². The number of benzene rings is 2. The van der Waals surface area contributed by atoms with Gasteiger partial charge in [-0.25, -0.2) is 9.18 Å². The van der Waals surface area contributed by atoms with Crippen molar-refractivity contribution in [2.45, 2.75) is 19.7 Å². The van der Waals surface area contributed by atoms with Crippen molar-refractivity contribution in [1.29, 1.82) is 0 Å². The molecule has 5 heteroatoms. The van der Waals surface area contributed by atoms with E-state index in [2.05, 4.69) is 10.6 Å². The zero-order valence-corrected chi connectivity index (χ0v) is 11.5. The molecule has 0 atom stereocenters. The van der Waals surface area contributed by atoms with E-state index in [1.54, 1.807) is 12.1 Å². The SMILES string of the molecule is O=C(NCc1ccc(CO)cc1)NCc1cccc(F)c1. The Morgan fingerprint density at radius 2 is 1.57 bits per heavy atom. The van der Waals surface area contributed by atoms with Crippen LogP contribution in [0, 0.1) is 5.82 Å². The van der Waals surface area contributed by atoms with Crippen LogP contribution in [0.3, 0.4) is 0 Å². The van der Waals surface area contributed by atoms with E-state index >= 15 is 0 Å². The third-order valence-corrected chi connectivity index (χ3v) is 3.00. The second-order valence-corrected chi connectivity index (χ2v) is 4.64. The van der Waals surface area contributed by atoms with Crippen LogP contribution in [-0.2, 0) is 19.7 Å². The number of rotatable bonds is 5. The van der Waals surface area contributed by atoms with E-state index in [-0.39, 0.29) is 25.0 Å². The number of hydrogen-bond acceptors (Lipinski definition) is 2. The number of amides is 2. The molecule has 0 aromatic heterocycles. The Bertz CT molecular complexity index is 599. The predicted octanol–water partition coefficient (Wildman–Crippen LogP) is 2.32. The minimum absolute atomic E-state index is 0.00182. The predicted molar refractivity (Wildman–Crippen MR) is 77.8 cm³/mol. The van der Waals surface area contributed by atoms with Gasteiger partial charge < -0.3 is 15.7 Å². The fraction of sp³-hybridized carbons (Fsp3) is 0.188. The van der Waals surface area contributed by atoms with Crippen molar-refractivity contribution < 1.29 is 14.3 Å². The van der Waals surface area contributed by atoms with E-state index in [4.69, 9.17) is 5.11 Å². The summed E-state index contributed by atoms with van der Waals surface area (Å²) in [5, 5.41) is 14.3. The second-order valence-electron chi connectivity index (χ2n) is 4.64. The van der Waals surface area contributed by atoms with Crippen molar-refractivity contribution in [2.75, 3.05) is 0 Å². The van der Waals surface area contributed by atoms with Gasteiger partial charge in [-0.1, -0.05) is 36.4 Å². The van der Waals surface area contributed by atoms with Crippen LogP contribution in [0.25, 0.3) is 0 Å². The van der Waals surface area contributed by atoms with Gasteiger partial charge in [0.2, 0.25) is 0 Å². The van der Waals surface area contributed by atoms with Crippen molar-refractivity contribution >= 4 is 6.03 Å². The van der Waals surface area contributed by atoms with Crippen molar-refractivity contribution in [3.8, 4) is 0 Å². The van der Waals surface area contributed by atoms with Gasteiger partial charge in [-0.3, -0.25) is 0 Å². The Hall–Kier alpha value is -2.40. The van der Waals surface area contributed by atoms with E-state index < -0.39 is 0 Å². The normalized spacial score (nSPS) is 10.2. The van der Waals surface area contributed by atoms with Crippen LogP contribution in [0.5, 0.6) is 0 Å². The monoisotopic (exact) mass is 288 g/mol.